The highest BCUT2D eigenvalue weighted by atomic mass is 16.7. The molecule has 2 aromatic rings. The third-order valence-corrected chi connectivity index (χ3v) is 5.24. The number of benzene rings is 2. The molecule has 0 atom stereocenters. The zero-order valence-electron chi connectivity index (χ0n) is 17.4. The van der Waals surface area contributed by atoms with E-state index in [9.17, 15) is 4.79 Å². The van der Waals surface area contributed by atoms with Gasteiger partial charge in [-0.3, -0.25) is 0 Å². The van der Waals surface area contributed by atoms with Crippen LogP contribution in [0.4, 0.5) is 4.79 Å². The van der Waals surface area contributed by atoms with Crippen molar-refractivity contribution in [1.29, 1.82) is 0 Å². The van der Waals surface area contributed by atoms with Gasteiger partial charge in [-0.25, -0.2) is 4.79 Å². The van der Waals surface area contributed by atoms with Gasteiger partial charge in [0.2, 0.25) is 0 Å². The fraction of sp³-hybridized carbons (Fsp3) is 0.409. The standard InChI is InChI=1S/C22H28BNO4/c1-15(2)24-20(25)26-19-17(16-11-8-7-9-12-16)13-10-14-18(19)23-27-21(3,4)22(5,6)28-23/h7-15H,1-6H3,(H,24,25). The summed E-state index contributed by atoms with van der Waals surface area (Å²) in [7, 11) is -0.629. The number of amides is 1. The zero-order chi connectivity index (χ0) is 20.5. The zero-order valence-corrected chi connectivity index (χ0v) is 17.4. The highest BCUT2D eigenvalue weighted by Gasteiger charge is 2.52. The van der Waals surface area contributed by atoms with Crippen molar-refractivity contribution in [3.8, 4) is 16.9 Å². The molecule has 1 aliphatic rings. The van der Waals surface area contributed by atoms with E-state index < -0.39 is 24.4 Å². The minimum absolute atomic E-state index is 0.0308. The van der Waals surface area contributed by atoms with Gasteiger partial charge in [0.05, 0.1) is 11.2 Å². The maximum atomic E-state index is 12.4. The molecule has 1 heterocycles. The van der Waals surface area contributed by atoms with E-state index in [2.05, 4.69) is 5.32 Å². The van der Waals surface area contributed by atoms with Crippen LogP contribution in [0.3, 0.4) is 0 Å². The summed E-state index contributed by atoms with van der Waals surface area (Å²) in [6.07, 6.45) is -0.504. The van der Waals surface area contributed by atoms with Crippen molar-refractivity contribution in [3.05, 3.63) is 48.5 Å². The summed E-state index contributed by atoms with van der Waals surface area (Å²) in [5.74, 6) is 0.449. The number of nitrogens with one attached hydrogen (secondary N) is 1. The van der Waals surface area contributed by atoms with Gasteiger partial charge in [0.25, 0.3) is 0 Å². The lowest BCUT2D eigenvalue weighted by atomic mass is 9.77. The molecule has 2 aromatic carbocycles. The first-order valence-corrected chi connectivity index (χ1v) is 9.63. The Bertz CT molecular complexity index is 833. The van der Waals surface area contributed by atoms with Crippen molar-refractivity contribution in [2.75, 3.05) is 0 Å². The molecule has 148 valence electrons. The van der Waals surface area contributed by atoms with Crippen molar-refractivity contribution in [2.45, 2.75) is 58.8 Å². The summed E-state index contributed by atoms with van der Waals surface area (Å²) < 4.78 is 18.2. The number of carbonyl (C=O) groups excluding carboxylic acids is 1. The third kappa shape index (κ3) is 4.08. The number of rotatable bonds is 4. The molecule has 0 radical (unpaired) electrons. The lowest BCUT2D eigenvalue weighted by Crippen LogP contribution is -2.41. The molecule has 3 rings (SSSR count). The number of ether oxygens (including phenoxy) is 1. The Balaban J connectivity index is 2.06. The Morgan fingerprint density at radius 2 is 1.57 bits per heavy atom. The molecule has 1 N–H and O–H groups in total. The van der Waals surface area contributed by atoms with Crippen LogP contribution in [-0.4, -0.2) is 30.5 Å². The predicted molar refractivity (Wildman–Crippen MR) is 112 cm³/mol. The number of hydrogen-bond donors (Lipinski definition) is 1. The Kier molecular flexibility index (Phi) is 5.55. The minimum atomic E-state index is -0.629. The molecule has 0 bridgehead atoms. The van der Waals surface area contributed by atoms with Crippen molar-refractivity contribution in [1.82, 2.24) is 5.32 Å². The molecule has 5 nitrogen and oxygen atoms in total. The van der Waals surface area contributed by atoms with Gasteiger partial charge < -0.3 is 19.4 Å². The van der Waals surface area contributed by atoms with E-state index in [0.29, 0.717) is 11.2 Å². The summed E-state index contributed by atoms with van der Waals surface area (Å²) >= 11 is 0. The molecular weight excluding hydrogens is 353 g/mol. The van der Waals surface area contributed by atoms with Crippen LogP contribution in [-0.2, 0) is 9.31 Å². The predicted octanol–water partition coefficient (Wildman–Crippen LogP) is 4.15. The van der Waals surface area contributed by atoms with Crippen LogP contribution < -0.4 is 15.5 Å². The van der Waals surface area contributed by atoms with Gasteiger partial charge in [0, 0.05) is 17.1 Å². The monoisotopic (exact) mass is 381 g/mol. The van der Waals surface area contributed by atoms with E-state index in [1.165, 1.54) is 0 Å². The molecular formula is C22H28BNO4. The van der Waals surface area contributed by atoms with E-state index in [0.717, 1.165) is 11.1 Å². The van der Waals surface area contributed by atoms with Gasteiger partial charge in [0.1, 0.15) is 5.75 Å². The number of para-hydroxylation sites is 1. The topological polar surface area (TPSA) is 56.8 Å². The van der Waals surface area contributed by atoms with Gasteiger partial charge in [-0.15, -0.1) is 0 Å². The minimum Gasteiger partial charge on any atom is -0.410 e. The van der Waals surface area contributed by atoms with Crippen LogP contribution in [0.1, 0.15) is 41.5 Å². The van der Waals surface area contributed by atoms with Crippen molar-refractivity contribution < 1.29 is 18.8 Å². The van der Waals surface area contributed by atoms with Crippen molar-refractivity contribution in [2.24, 2.45) is 0 Å². The molecule has 0 aliphatic carbocycles. The summed E-state index contributed by atoms with van der Waals surface area (Å²) in [5.41, 5.74) is 1.48. The molecule has 28 heavy (non-hydrogen) atoms. The van der Waals surface area contributed by atoms with E-state index in [1.807, 2.05) is 90.1 Å². The van der Waals surface area contributed by atoms with E-state index in [1.54, 1.807) is 0 Å². The van der Waals surface area contributed by atoms with E-state index in [-0.39, 0.29) is 6.04 Å². The summed E-state index contributed by atoms with van der Waals surface area (Å²) in [6.45, 7) is 11.8. The lowest BCUT2D eigenvalue weighted by molar-refractivity contribution is 0.00578. The van der Waals surface area contributed by atoms with Crippen LogP contribution in [0.5, 0.6) is 5.75 Å². The average molecular weight is 381 g/mol. The van der Waals surface area contributed by atoms with Crippen LogP contribution in [0, 0.1) is 0 Å². The van der Waals surface area contributed by atoms with Crippen LogP contribution in [0.25, 0.3) is 11.1 Å². The average Bonchev–Trinajstić information content (AvgIpc) is 2.82. The normalized spacial score (nSPS) is 17.6. The van der Waals surface area contributed by atoms with E-state index in [4.69, 9.17) is 14.0 Å². The lowest BCUT2D eigenvalue weighted by Gasteiger charge is -2.32. The van der Waals surface area contributed by atoms with Crippen LogP contribution >= 0.6 is 0 Å². The second-order valence-corrected chi connectivity index (χ2v) is 8.37. The Labute approximate surface area is 167 Å². The molecule has 0 saturated carbocycles. The van der Waals surface area contributed by atoms with Crippen molar-refractivity contribution in [3.63, 3.8) is 0 Å². The van der Waals surface area contributed by atoms with Crippen LogP contribution in [0.2, 0.25) is 0 Å². The quantitative estimate of drug-likeness (QED) is 0.809. The molecule has 6 heteroatoms. The number of hydrogen-bond acceptors (Lipinski definition) is 4. The van der Waals surface area contributed by atoms with Gasteiger partial charge in [-0.05, 0) is 47.1 Å². The van der Waals surface area contributed by atoms with Gasteiger partial charge in [0.15, 0.2) is 0 Å². The highest BCUT2D eigenvalue weighted by molar-refractivity contribution is 6.63. The first-order valence-electron chi connectivity index (χ1n) is 9.63. The van der Waals surface area contributed by atoms with Crippen molar-refractivity contribution >= 4 is 18.7 Å². The first kappa shape index (κ1) is 20.4. The maximum Gasteiger partial charge on any atom is 0.498 e. The maximum absolute atomic E-state index is 12.4. The van der Waals surface area contributed by atoms with Gasteiger partial charge in [-0.2, -0.15) is 0 Å². The largest absolute Gasteiger partial charge is 0.498 e. The Morgan fingerprint density at radius 3 is 2.14 bits per heavy atom. The summed E-state index contributed by atoms with van der Waals surface area (Å²) in [5, 5.41) is 2.78. The molecule has 0 unspecified atom stereocenters. The number of carbonyl (C=O) groups is 1. The summed E-state index contributed by atoms with van der Waals surface area (Å²) in [4.78, 5) is 12.4. The SMILES string of the molecule is CC(C)NC(=O)Oc1c(B2OC(C)(C)C(C)(C)O2)cccc1-c1ccccc1. The fourth-order valence-corrected chi connectivity index (χ4v) is 3.03. The Hall–Kier alpha value is -2.31. The van der Waals surface area contributed by atoms with Gasteiger partial charge in [-0.1, -0.05) is 48.5 Å². The molecule has 1 saturated heterocycles. The smallest absolute Gasteiger partial charge is 0.410 e. The third-order valence-electron chi connectivity index (χ3n) is 5.24. The second-order valence-electron chi connectivity index (χ2n) is 8.37. The molecule has 1 fully saturated rings. The van der Waals surface area contributed by atoms with Gasteiger partial charge >= 0.3 is 13.2 Å². The summed E-state index contributed by atoms with van der Waals surface area (Å²) in [6, 6.07) is 15.5. The molecule has 0 spiro atoms. The first-order chi connectivity index (χ1) is 13.1. The second kappa shape index (κ2) is 7.61. The molecule has 0 aromatic heterocycles. The highest BCUT2D eigenvalue weighted by Crippen LogP contribution is 2.38. The molecule has 1 aliphatic heterocycles. The Morgan fingerprint density at radius 1 is 0.964 bits per heavy atom. The fourth-order valence-electron chi connectivity index (χ4n) is 3.03. The van der Waals surface area contributed by atoms with E-state index >= 15 is 0 Å². The molecule has 1 amide bonds. The van der Waals surface area contributed by atoms with Crippen LogP contribution in [0.15, 0.2) is 48.5 Å².